The summed E-state index contributed by atoms with van der Waals surface area (Å²) in [6.07, 6.45) is -1.37. The van der Waals surface area contributed by atoms with E-state index in [-0.39, 0.29) is 25.1 Å². The third-order valence-corrected chi connectivity index (χ3v) is 7.35. The molecule has 1 saturated heterocycles. The van der Waals surface area contributed by atoms with Gasteiger partial charge in [-0.1, -0.05) is 19.8 Å². The number of carbonyl (C=O) groups excluding carboxylic acids is 2. The summed E-state index contributed by atoms with van der Waals surface area (Å²) in [7, 11) is 0. The quantitative estimate of drug-likeness (QED) is 0.399. The Morgan fingerprint density at radius 2 is 1.77 bits per heavy atom. The highest BCUT2D eigenvalue weighted by Crippen LogP contribution is 2.46. The SMILES string of the molecule is CC1CCC2(CC1)CN(CC(=O)NC1(C(F)(F)F)CCC1)C2.O=CNc1cc(F)cc(C(F)F)c1. The number of anilines is 1. The van der Waals surface area contributed by atoms with Gasteiger partial charge in [0.2, 0.25) is 12.3 Å². The molecule has 5 nitrogen and oxygen atoms in total. The van der Waals surface area contributed by atoms with Gasteiger partial charge in [0, 0.05) is 24.3 Å². The molecule has 0 bridgehead atoms. The van der Waals surface area contributed by atoms with Crippen molar-refractivity contribution in [1.82, 2.24) is 10.2 Å². The van der Waals surface area contributed by atoms with Gasteiger partial charge in [0.05, 0.1) is 6.54 Å². The lowest BCUT2D eigenvalue weighted by atomic mass is 9.66. The Bertz CT molecular complexity index is 888. The number of amides is 2. The lowest BCUT2D eigenvalue weighted by Gasteiger charge is -2.53. The number of nitrogens with zero attached hydrogens (tertiary/aromatic N) is 1. The van der Waals surface area contributed by atoms with Crippen molar-refractivity contribution in [3.8, 4) is 0 Å². The summed E-state index contributed by atoms with van der Waals surface area (Å²) in [5.74, 6) is -0.494. The van der Waals surface area contributed by atoms with Gasteiger partial charge in [0.15, 0.2) is 0 Å². The lowest BCUT2D eigenvalue weighted by molar-refractivity contribution is -0.219. The van der Waals surface area contributed by atoms with Gasteiger partial charge in [0.1, 0.15) is 11.4 Å². The molecule has 0 atom stereocenters. The molecule has 2 N–H and O–H groups in total. The van der Waals surface area contributed by atoms with Gasteiger partial charge in [0.25, 0.3) is 6.43 Å². The predicted molar refractivity (Wildman–Crippen MR) is 118 cm³/mol. The van der Waals surface area contributed by atoms with Crippen LogP contribution in [0, 0.1) is 17.2 Å². The zero-order valence-electron chi connectivity index (χ0n) is 19.6. The third-order valence-electron chi connectivity index (χ3n) is 7.35. The molecule has 1 spiro atoms. The van der Waals surface area contributed by atoms with Crippen LogP contribution in [0.15, 0.2) is 18.2 Å². The highest BCUT2D eigenvalue weighted by molar-refractivity contribution is 5.79. The van der Waals surface area contributed by atoms with Crippen LogP contribution in [0.4, 0.5) is 32.0 Å². The summed E-state index contributed by atoms with van der Waals surface area (Å²) in [6.45, 7) is 4.11. The normalized spacial score (nSPS) is 21.4. The van der Waals surface area contributed by atoms with Crippen molar-refractivity contribution in [1.29, 1.82) is 0 Å². The average molecular weight is 508 g/mol. The predicted octanol–water partition coefficient (Wildman–Crippen LogP) is 5.43. The maximum absolute atomic E-state index is 13.0. The molecule has 196 valence electrons. The van der Waals surface area contributed by atoms with Crippen molar-refractivity contribution in [3.63, 3.8) is 0 Å². The van der Waals surface area contributed by atoms with Gasteiger partial charge >= 0.3 is 6.18 Å². The van der Waals surface area contributed by atoms with Crippen molar-refractivity contribution in [2.24, 2.45) is 11.3 Å². The number of nitrogens with one attached hydrogen (secondary N) is 2. The third kappa shape index (κ3) is 6.68. The Morgan fingerprint density at radius 1 is 1.14 bits per heavy atom. The molecule has 2 amide bonds. The van der Waals surface area contributed by atoms with E-state index in [9.17, 15) is 35.9 Å². The van der Waals surface area contributed by atoms with E-state index >= 15 is 0 Å². The first kappa shape index (κ1) is 27.3. The summed E-state index contributed by atoms with van der Waals surface area (Å²) in [5, 5.41) is 4.35. The molecule has 1 aromatic rings. The van der Waals surface area contributed by atoms with E-state index in [0.29, 0.717) is 18.2 Å². The number of carbonyl (C=O) groups is 2. The molecule has 1 aromatic carbocycles. The molecule has 0 radical (unpaired) electrons. The average Bonchev–Trinajstić information content (AvgIpc) is 2.70. The summed E-state index contributed by atoms with van der Waals surface area (Å²) >= 11 is 0. The van der Waals surface area contributed by atoms with E-state index in [0.717, 1.165) is 37.2 Å². The van der Waals surface area contributed by atoms with Crippen molar-refractivity contribution < 1.29 is 35.9 Å². The minimum Gasteiger partial charge on any atom is -0.341 e. The van der Waals surface area contributed by atoms with Gasteiger partial charge in [-0.2, -0.15) is 13.2 Å². The number of likely N-dealkylation sites (tertiary alicyclic amines) is 1. The number of halogens is 6. The zero-order valence-corrected chi connectivity index (χ0v) is 19.6. The van der Waals surface area contributed by atoms with Crippen molar-refractivity contribution >= 4 is 18.0 Å². The standard InChI is InChI=1S/C16H25F3N2O.C8H6F3NO/c1-12-3-7-14(8-4-12)10-21(11-14)9-13(22)20-15(5-2-6-15)16(17,18)19;9-6-1-5(8(10)11)2-7(3-6)12-4-13/h12H,2-11H2,1H3,(H,20,22);1-4,8H,(H,12,13). The van der Waals surface area contributed by atoms with E-state index in [2.05, 4.69) is 17.6 Å². The van der Waals surface area contributed by atoms with Crippen LogP contribution >= 0.6 is 0 Å². The highest BCUT2D eigenvalue weighted by atomic mass is 19.4. The molecule has 2 aliphatic carbocycles. The minimum absolute atomic E-state index is 0.0179. The fraction of sp³-hybridized carbons (Fsp3) is 0.667. The highest BCUT2D eigenvalue weighted by Gasteiger charge is 2.59. The Labute approximate surface area is 200 Å². The van der Waals surface area contributed by atoms with Crippen LogP contribution in [0.3, 0.4) is 0 Å². The van der Waals surface area contributed by atoms with E-state index in [4.69, 9.17) is 0 Å². The van der Waals surface area contributed by atoms with E-state index in [1.807, 2.05) is 4.90 Å². The molecule has 2 saturated carbocycles. The van der Waals surface area contributed by atoms with Crippen molar-refractivity contribution in [3.05, 3.63) is 29.6 Å². The molecule has 0 aromatic heterocycles. The van der Waals surface area contributed by atoms with Crippen LogP contribution in [0.2, 0.25) is 0 Å². The number of hydrogen-bond donors (Lipinski definition) is 2. The summed E-state index contributed by atoms with van der Waals surface area (Å²) in [4.78, 5) is 23.9. The second-order valence-electron chi connectivity index (χ2n) is 10.1. The largest absolute Gasteiger partial charge is 0.411 e. The molecule has 1 aliphatic heterocycles. The first-order valence-electron chi connectivity index (χ1n) is 11.8. The van der Waals surface area contributed by atoms with Gasteiger partial charge in [-0.3, -0.25) is 14.5 Å². The van der Waals surface area contributed by atoms with Crippen LogP contribution in [-0.2, 0) is 9.59 Å². The number of rotatable bonds is 6. The van der Waals surface area contributed by atoms with Crippen LogP contribution < -0.4 is 10.6 Å². The van der Waals surface area contributed by atoms with Gasteiger partial charge in [-0.25, -0.2) is 13.2 Å². The number of alkyl halides is 5. The first-order valence-corrected chi connectivity index (χ1v) is 11.8. The van der Waals surface area contributed by atoms with E-state index < -0.39 is 35.4 Å². The maximum Gasteiger partial charge on any atom is 0.411 e. The van der Waals surface area contributed by atoms with Gasteiger partial charge in [-0.05, 0) is 61.6 Å². The second-order valence-corrected chi connectivity index (χ2v) is 10.1. The Hall–Kier alpha value is -2.30. The fourth-order valence-electron chi connectivity index (χ4n) is 5.11. The van der Waals surface area contributed by atoms with Crippen molar-refractivity contribution in [2.45, 2.75) is 70.0 Å². The Morgan fingerprint density at radius 3 is 2.26 bits per heavy atom. The monoisotopic (exact) mass is 507 g/mol. The smallest absolute Gasteiger partial charge is 0.341 e. The van der Waals surface area contributed by atoms with E-state index in [1.54, 1.807) is 0 Å². The van der Waals surface area contributed by atoms with Gasteiger partial charge < -0.3 is 10.6 Å². The number of hydrogen-bond acceptors (Lipinski definition) is 3. The number of benzene rings is 1. The van der Waals surface area contributed by atoms with Crippen LogP contribution in [0.25, 0.3) is 0 Å². The molecule has 1 heterocycles. The summed E-state index contributed by atoms with van der Waals surface area (Å²) in [6, 6.07) is 2.70. The molecular weight excluding hydrogens is 476 g/mol. The first-order chi connectivity index (χ1) is 16.4. The molecule has 3 fully saturated rings. The summed E-state index contributed by atoms with van der Waals surface area (Å²) < 4.78 is 75.9. The van der Waals surface area contributed by atoms with Crippen LogP contribution in [-0.4, -0.2) is 48.6 Å². The maximum atomic E-state index is 13.0. The Kier molecular flexibility index (Phi) is 8.39. The molecule has 11 heteroatoms. The molecule has 4 rings (SSSR count). The van der Waals surface area contributed by atoms with E-state index in [1.165, 1.54) is 25.7 Å². The molecule has 35 heavy (non-hydrogen) atoms. The zero-order chi connectivity index (χ0) is 25.9. The van der Waals surface area contributed by atoms with Crippen LogP contribution in [0.5, 0.6) is 0 Å². The van der Waals surface area contributed by atoms with Gasteiger partial charge in [-0.15, -0.1) is 0 Å². The molecular formula is C24H31F6N3O2. The van der Waals surface area contributed by atoms with Crippen molar-refractivity contribution in [2.75, 3.05) is 25.0 Å². The lowest BCUT2D eigenvalue weighted by Crippen LogP contribution is -2.66. The van der Waals surface area contributed by atoms with Crippen LogP contribution in [0.1, 0.15) is 63.9 Å². The minimum atomic E-state index is -4.34. The topological polar surface area (TPSA) is 61.4 Å². The summed E-state index contributed by atoms with van der Waals surface area (Å²) in [5.41, 5.74) is -2.05. The molecule has 3 aliphatic rings. The fourth-order valence-corrected chi connectivity index (χ4v) is 5.11. The molecule has 0 unspecified atom stereocenters. The Balaban J connectivity index is 0.000000225. The second kappa shape index (κ2) is 10.8.